The number of para-hydroxylation sites is 1. The largest absolute Gasteiger partial charge is 0.463 e. The Bertz CT molecular complexity index is 357. The lowest BCUT2D eigenvalue weighted by molar-refractivity contribution is 0.215. The molecule has 0 aliphatic rings. The molecule has 0 heterocycles. The quantitative estimate of drug-likeness (QED) is 0.479. The zero-order valence-corrected chi connectivity index (χ0v) is 9.63. The second kappa shape index (κ2) is 5.38. The van der Waals surface area contributed by atoms with Gasteiger partial charge in [0.25, 0.3) is 0 Å². The summed E-state index contributed by atoms with van der Waals surface area (Å²) in [5.41, 5.74) is 0. The number of benzene rings is 1. The minimum Gasteiger partial charge on any atom is -0.463 e. The van der Waals surface area contributed by atoms with E-state index in [1.54, 1.807) is 30.3 Å². The molecule has 1 unspecified atom stereocenters. The van der Waals surface area contributed by atoms with E-state index in [9.17, 15) is 4.79 Å². The van der Waals surface area contributed by atoms with Gasteiger partial charge in [0.2, 0.25) is 16.1 Å². The van der Waals surface area contributed by atoms with E-state index < -0.39 is 10.0 Å². The van der Waals surface area contributed by atoms with E-state index in [1.807, 2.05) is 0 Å². The molecular weight excluding hydrogens is 260 g/mol. The van der Waals surface area contributed by atoms with Crippen molar-refractivity contribution in [3.63, 3.8) is 0 Å². The number of carbonyl (C=O) groups excluding carboxylic acids is 1. The van der Waals surface area contributed by atoms with Crippen molar-refractivity contribution >= 4 is 40.9 Å². The molecule has 0 fully saturated rings. The monoisotopic (exact) mass is 265 g/mol. The first-order valence-corrected chi connectivity index (χ1v) is 5.03. The van der Waals surface area contributed by atoms with Gasteiger partial charge in [0, 0.05) is 0 Å². The Hall–Kier alpha value is -0.730. The van der Waals surface area contributed by atoms with Crippen molar-refractivity contribution in [2.45, 2.75) is 10.0 Å². The summed E-state index contributed by atoms with van der Waals surface area (Å²) < 4.78 is 3.38. The summed E-state index contributed by atoms with van der Waals surface area (Å²) >= 11 is 16.7. The Labute approximate surface area is 102 Å². The zero-order valence-electron chi connectivity index (χ0n) is 7.36. The average molecular weight is 267 g/mol. The van der Waals surface area contributed by atoms with Crippen LogP contribution >= 0.6 is 34.8 Å². The summed E-state index contributed by atoms with van der Waals surface area (Å²) in [5, 5.41) is 0. The number of rotatable bonds is 3. The van der Waals surface area contributed by atoms with Crippen molar-refractivity contribution in [2.24, 2.45) is 4.99 Å². The standard InChI is InChI=1S/C9H6Cl3NO2/c10-9(11,12)8(13-6-14)15-7-4-2-1-3-5-7/h1-5,8H. The van der Waals surface area contributed by atoms with Crippen molar-refractivity contribution < 1.29 is 9.53 Å². The predicted molar refractivity (Wildman–Crippen MR) is 59.3 cm³/mol. The third kappa shape index (κ3) is 4.10. The predicted octanol–water partition coefficient (Wildman–Crippen LogP) is 3.10. The summed E-state index contributed by atoms with van der Waals surface area (Å²) in [5.74, 6) is 0.452. The minimum absolute atomic E-state index is 0.452. The molecule has 1 rings (SSSR count). The van der Waals surface area contributed by atoms with Crippen LogP contribution in [0, 0.1) is 0 Å². The van der Waals surface area contributed by atoms with Gasteiger partial charge < -0.3 is 4.74 Å². The molecule has 0 aliphatic carbocycles. The van der Waals surface area contributed by atoms with Gasteiger partial charge in [-0.3, -0.25) is 0 Å². The molecule has 0 aliphatic heterocycles. The number of hydrogen-bond acceptors (Lipinski definition) is 3. The topological polar surface area (TPSA) is 38.7 Å². The first-order chi connectivity index (χ1) is 7.04. The van der Waals surface area contributed by atoms with E-state index in [4.69, 9.17) is 39.5 Å². The Morgan fingerprint density at radius 1 is 1.27 bits per heavy atom. The zero-order chi connectivity index (χ0) is 11.3. The third-order valence-corrected chi connectivity index (χ3v) is 2.00. The van der Waals surface area contributed by atoms with Gasteiger partial charge in [-0.2, -0.15) is 4.99 Å². The Morgan fingerprint density at radius 3 is 2.33 bits per heavy atom. The SMILES string of the molecule is O=C=NC(Oc1ccccc1)C(Cl)(Cl)Cl. The number of halogens is 3. The van der Waals surface area contributed by atoms with Crippen LogP contribution in [0.3, 0.4) is 0 Å². The molecule has 1 aromatic carbocycles. The molecule has 0 amide bonds. The van der Waals surface area contributed by atoms with E-state index in [-0.39, 0.29) is 0 Å². The molecule has 0 saturated carbocycles. The molecule has 0 radical (unpaired) electrons. The van der Waals surface area contributed by atoms with Gasteiger partial charge in [0.05, 0.1) is 0 Å². The Morgan fingerprint density at radius 2 is 1.87 bits per heavy atom. The van der Waals surface area contributed by atoms with Gasteiger partial charge in [0.15, 0.2) is 0 Å². The summed E-state index contributed by atoms with van der Waals surface area (Å²) in [7, 11) is 0. The van der Waals surface area contributed by atoms with Crippen LogP contribution in [0.1, 0.15) is 0 Å². The van der Waals surface area contributed by atoms with Crippen LogP contribution in [0.5, 0.6) is 5.75 Å². The summed E-state index contributed by atoms with van der Waals surface area (Å²) in [6, 6.07) is 8.61. The molecule has 15 heavy (non-hydrogen) atoms. The van der Waals surface area contributed by atoms with Gasteiger partial charge in [-0.15, -0.1) is 0 Å². The van der Waals surface area contributed by atoms with E-state index >= 15 is 0 Å². The first-order valence-electron chi connectivity index (χ1n) is 3.89. The molecule has 0 spiro atoms. The van der Waals surface area contributed by atoms with Crippen LogP contribution < -0.4 is 4.74 Å². The first kappa shape index (κ1) is 12.3. The van der Waals surface area contributed by atoms with Crippen LogP contribution in [0.25, 0.3) is 0 Å². The molecular formula is C9H6Cl3NO2. The summed E-state index contributed by atoms with van der Waals surface area (Å²) in [6.45, 7) is 0. The number of alkyl halides is 3. The van der Waals surface area contributed by atoms with E-state index in [0.717, 1.165) is 0 Å². The van der Waals surface area contributed by atoms with E-state index in [2.05, 4.69) is 4.99 Å². The third-order valence-electron chi connectivity index (χ3n) is 1.44. The number of ether oxygens (including phenoxy) is 1. The van der Waals surface area contributed by atoms with Crippen LogP contribution in [-0.4, -0.2) is 16.1 Å². The van der Waals surface area contributed by atoms with Crippen LogP contribution in [0.2, 0.25) is 0 Å². The lowest BCUT2D eigenvalue weighted by atomic mass is 10.3. The second-order valence-electron chi connectivity index (χ2n) is 2.55. The molecule has 0 bridgehead atoms. The maximum absolute atomic E-state index is 10.1. The van der Waals surface area contributed by atoms with Crippen molar-refractivity contribution in [3.05, 3.63) is 30.3 Å². The molecule has 3 nitrogen and oxygen atoms in total. The molecule has 80 valence electrons. The fourth-order valence-electron chi connectivity index (χ4n) is 0.842. The van der Waals surface area contributed by atoms with Crippen LogP contribution in [0.15, 0.2) is 35.3 Å². The number of hydrogen-bond donors (Lipinski definition) is 0. The van der Waals surface area contributed by atoms with Crippen molar-refractivity contribution in [1.82, 2.24) is 0 Å². The number of aliphatic imine (C=N–C) groups is 1. The maximum Gasteiger partial charge on any atom is 0.248 e. The van der Waals surface area contributed by atoms with E-state index in [0.29, 0.717) is 5.75 Å². The lowest BCUT2D eigenvalue weighted by Gasteiger charge is -2.20. The molecule has 0 aromatic heterocycles. The highest BCUT2D eigenvalue weighted by Gasteiger charge is 2.34. The Balaban J connectivity index is 2.81. The van der Waals surface area contributed by atoms with Gasteiger partial charge in [-0.05, 0) is 12.1 Å². The molecule has 1 aromatic rings. The highest BCUT2D eigenvalue weighted by Crippen LogP contribution is 2.33. The van der Waals surface area contributed by atoms with Gasteiger partial charge >= 0.3 is 0 Å². The van der Waals surface area contributed by atoms with Gasteiger partial charge in [-0.1, -0.05) is 53.0 Å². The normalized spacial score (nSPS) is 12.7. The smallest absolute Gasteiger partial charge is 0.248 e. The summed E-state index contributed by atoms with van der Waals surface area (Å²) in [4.78, 5) is 13.4. The minimum atomic E-state index is -1.81. The van der Waals surface area contributed by atoms with E-state index in [1.165, 1.54) is 6.08 Å². The Kier molecular flexibility index (Phi) is 4.43. The highest BCUT2D eigenvalue weighted by molar-refractivity contribution is 6.68. The average Bonchev–Trinajstić information content (AvgIpc) is 2.17. The number of nitrogens with zero attached hydrogens (tertiary/aromatic N) is 1. The highest BCUT2D eigenvalue weighted by atomic mass is 35.6. The van der Waals surface area contributed by atoms with Gasteiger partial charge in [0.1, 0.15) is 5.75 Å². The number of isocyanates is 1. The van der Waals surface area contributed by atoms with Crippen LogP contribution in [-0.2, 0) is 4.79 Å². The second-order valence-corrected chi connectivity index (χ2v) is 4.91. The summed E-state index contributed by atoms with van der Waals surface area (Å²) in [6.07, 6.45) is 0.0851. The van der Waals surface area contributed by atoms with Gasteiger partial charge in [-0.25, -0.2) is 4.79 Å². The van der Waals surface area contributed by atoms with Crippen molar-refractivity contribution in [1.29, 1.82) is 0 Å². The fraction of sp³-hybridized carbons (Fsp3) is 0.222. The van der Waals surface area contributed by atoms with Crippen LogP contribution in [0.4, 0.5) is 0 Å². The molecule has 6 heteroatoms. The molecule has 0 N–H and O–H groups in total. The fourth-order valence-corrected chi connectivity index (χ4v) is 1.12. The molecule has 1 atom stereocenters. The van der Waals surface area contributed by atoms with Crippen molar-refractivity contribution in [2.75, 3.05) is 0 Å². The van der Waals surface area contributed by atoms with Crippen molar-refractivity contribution in [3.8, 4) is 5.75 Å². The molecule has 0 saturated heterocycles. The lowest BCUT2D eigenvalue weighted by Crippen LogP contribution is -2.29. The maximum atomic E-state index is 10.1.